The van der Waals surface area contributed by atoms with Crippen LogP contribution in [0.25, 0.3) is 0 Å². The van der Waals surface area contributed by atoms with Gasteiger partial charge in [-0.1, -0.05) is 0 Å². The van der Waals surface area contributed by atoms with E-state index in [9.17, 15) is 51.1 Å². The fraction of sp³-hybridized carbons (Fsp3) is 1.00. The fourth-order valence-electron chi connectivity index (χ4n) is 7.12. The molecule has 3 aliphatic heterocycles. The van der Waals surface area contributed by atoms with Crippen LogP contribution in [0.5, 0.6) is 0 Å². The summed E-state index contributed by atoms with van der Waals surface area (Å²) in [6.45, 7) is -1.13. The molecule has 8 unspecified atom stereocenters. The highest BCUT2D eigenvalue weighted by atomic mass is 16.7. The second-order valence-electron chi connectivity index (χ2n) is 12.5. The Labute approximate surface area is 243 Å². The zero-order valence-electron chi connectivity index (χ0n) is 23.3. The van der Waals surface area contributed by atoms with Gasteiger partial charge < -0.3 is 74.7 Å². The summed E-state index contributed by atoms with van der Waals surface area (Å²) >= 11 is 0. The fourth-order valence-corrected chi connectivity index (χ4v) is 7.12. The maximum absolute atomic E-state index is 10.9. The van der Waals surface area contributed by atoms with E-state index in [-0.39, 0.29) is 30.5 Å². The van der Waals surface area contributed by atoms with E-state index in [0.717, 1.165) is 19.3 Å². The molecule has 5 aliphatic rings. The second-order valence-corrected chi connectivity index (χ2v) is 12.5. The number of ether oxygens (including phenoxy) is 5. The SMILES string of the molecule is OC[C@H]1O[C@H](OC[C@H]2O[C@@H](OC3CC(O)C4CCC(C5CCC(O)C(O)C5)OC4C3)[C@H](O)[C@H](O)[C@@H]2O)[C@@H](O)[C@H](O)[C@@H]1O. The van der Waals surface area contributed by atoms with Crippen LogP contribution in [0.2, 0.25) is 0 Å². The molecule has 10 N–H and O–H groups in total. The standard InChI is InChI=1S/C27H46O15/c28-8-18-20(32)22(34)24(36)26(41-18)38-9-19-21(33)23(35)25(37)27(42-19)39-11-6-14(30)12-2-4-16(40-17(12)7-11)10-1-3-13(29)15(31)5-10/h10-37H,1-9H2/t10?,11?,12?,13?,14?,15?,16?,17?,18-,19-,20-,21-,22-,23-,24+,25-,26+,27-/m1/s1. The first-order valence-corrected chi connectivity index (χ1v) is 14.9. The lowest BCUT2D eigenvalue weighted by Crippen LogP contribution is -2.62. The molecule has 0 aromatic rings. The van der Waals surface area contributed by atoms with Crippen molar-refractivity contribution in [3.05, 3.63) is 0 Å². The predicted molar refractivity (Wildman–Crippen MR) is 137 cm³/mol. The summed E-state index contributed by atoms with van der Waals surface area (Å²) in [6.07, 6.45) is -14.8. The molecule has 244 valence electrons. The van der Waals surface area contributed by atoms with Crippen molar-refractivity contribution in [3.63, 3.8) is 0 Å². The summed E-state index contributed by atoms with van der Waals surface area (Å²) in [7, 11) is 0. The zero-order chi connectivity index (χ0) is 30.3. The first kappa shape index (κ1) is 32.8. The van der Waals surface area contributed by atoms with Crippen LogP contribution in [0, 0.1) is 11.8 Å². The maximum Gasteiger partial charge on any atom is 0.186 e. The molecule has 0 bridgehead atoms. The van der Waals surface area contributed by atoms with Crippen LogP contribution >= 0.6 is 0 Å². The van der Waals surface area contributed by atoms with Crippen molar-refractivity contribution in [1.82, 2.24) is 0 Å². The average Bonchev–Trinajstić information content (AvgIpc) is 2.97. The molecule has 0 aromatic carbocycles. The number of fused-ring (bicyclic) bond motifs is 1. The van der Waals surface area contributed by atoms with Gasteiger partial charge in [0.2, 0.25) is 0 Å². The largest absolute Gasteiger partial charge is 0.394 e. The van der Waals surface area contributed by atoms with Crippen molar-refractivity contribution >= 4 is 0 Å². The number of hydrogen-bond donors (Lipinski definition) is 10. The molecule has 15 heteroatoms. The Hall–Kier alpha value is -0.600. The van der Waals surface area contributed by atoms with Gasteiger partial charge >= 0.3 is 0 Å². The summed E-state index contributed by atoms with van der Waals surface area (Å²) in [5, 5.41) is 102. The minimum Gasteiger partial charge on any atom is -0.394 e. The Morgan fingerprint density at radius 1 is 0.548 bits per heavy atom. The van der Waals surface area contributed by atoms with Crippen LogP contribution in [0.1, 0.15) is 44.9 Å². The number of aliphatic hydroxyl groups excluding tert-OH is 10. The van der Waals surface area contributed by atoms with Crippen molar-refractivity contribution in [1.29, 1.82) is 0 Å². The first-order chi connectivity index (χ1) is 20.0. The molecule has 2 saturated carbocycles. The highest BCUT2D eigenvalue weighted by molar-refractivity contribution is 4.96. The summed E-state index contributed by atoms with van der Waals surface area (Å²) in [4.78, 5) is 0. The van der Waals surface area contributed by atoms with E-state index in [1.165, 1.54) is 0 Å². The van der Waals surface area contributed by atoms with E-state index in [2.05, 4.69) is 0 Å². The molecule has 42 heavy (non-hydrogen) atoms. The minimum atomic E-state index is -1.68. The van der Waals surface area contributed by atoms with Crippen molar-refractivity contribution < 1.29 is 74.7 Å². The number of hydrogen-bond acceptors (Lipinski definition) is 15. The van der Waals surface area contributed by atoms with E-state index >= 15 is 0 Å². The Balaban J connectivity index is 1.18. The predicted octanol–water partition coefficient (Wildman–Crippen LogP) is -4.16. The molecule has 15 nitrogen and oxygen atoms in total. The summed E-state index contributed by atoms with van der Waals surface area (Å²) in [5.41, 5.74) is 0. The van der Waals surface area contributed by atoms with E-state index in [1.54, 1.807) is 0 Å². The molecular weight excluding hydrogens is 564 g/mol. The van der Waals surface area contributed by atoms with Crippen molar-refractivity contribution in [2.75, 3.05) is 13.2 Å². The van der Waals surface area contributed by atoms with E-state index < -0.39 is 99.0 Å². The number of rotatable bonds is 7. The molecule has 2 aliphatic carbocycles. The van der Waals surface area contributed by atoms with Crippen LogP contribution < -0.4 is 0 Å². The maximum atomic E-state index is 10.9. The highest BCUT2D eigenvalue weighted by Crippen LogP contribution is 2.42. The van der Waals surface area contributed by atoms with Crippen LogP contribution in [-0.2, 0) is 23.7 Å². The summed E-state index contributed by atoms with van der Waals surface area (Å²) in [6, 6.07) is 0. The Morgan fingerprint density at radius 3 is 1.90 bits per heavy atom. The molecule has 3 saturated heterocycles. The highest BCUT2D eigenvalue weighted by Gasteiger charge is 2.50. The van der Waals surface area contributed by atoms with E-state index in [4.69, 9.17) is 23.7 Å². The normalized spacial score (nSPS) is 53.9. The topological polar surface area (TPSA) is 248 Å². The lowest BCUT2D eigenvalue weighted by molar-refractivity contribution is -0.339. The van der Waals surface area contributed by atoms with Crippen LogP contribution in [-0.4, -0.2) is 162 Å². The first-order valence-electron chi connectivity index (χ1n) is 14.9. The molecule has 0 radical (unpaired) electrons. The van der Waals surface area contributed by atoms with Crippen molar-refractivity contribution in [2.24, 2.45) is 11.8 Å². The van der Waals surface area contributed by atoms with E-state index in [1.807, 2.05) is 0 Å². The van der Waals surface area contributed by atoms with Gasteiger partial charge in [-0.05, 0) is 38.0 Å². The Morgan fingerprint density at radius 2 is 1.21 bits per heavy atom. The second kappa shape index (κ2) is 13.8. The average molecular weight is 611 g/mol. The smallest absolute Gasteiger partial charge is 0.186 e. The molecule has 0 spiro atoms. The Bertz CT molecular complexity index is 865. The molecule has 5 fully saturated rings. The third kappa shape index (κ3) is 6.80. The summed E-state index contributed by atoms with van der Waals surface area (Å²) in [5.74, 6) is -0.0168. The van der Waals surface area contributed by atoms with Gasteiger partial charge in [-0.3, -0.25) is 0 Å². The van der Waals surface area contributed by atoms with Gasteiger partial charge in [-0.2, -0.15) is 0 Å². The van der Waals surface area contributed by atoms with Crippen LogP contribution in [0.3, 0.4) is 0 Å². The Kier molecular flexibility index (Phi) is 10.8. The number of aliphatic hydroxyl groups is 10. The molecular formula is C27H46O15. The van der Waals surface area contributed by atoms with Crippen molar-refractivity contribution in [2.45, 2.75) is 143 Å². The van der Waals surface area contributed by atoms with Gasteiger partial charge in [0.1, 0.15) is 48.8 Å². The molecule has 18 atom stereocenters. The van der Waals surface area contributed by atoms with Gasteiger partial charge in [-0.15, -0.1) is 0 Å². The van der Waals surface area contributed by atoms with Crippen LogP contribution in [0.4, 0.5) is 0 Å². The monoisotopic (exact) mass is 610 g/mol. The van der Waals surface area contributed by atoms with Crippen LogP contribution in [0.15, 0.2) is 0 Å². The molecule has 0 aromatic heterocycles. The minimum absolute atomic E-state index is 0.0902. The van der Waals surface area contributed by atoms with E-state index in [0.29, 0.717) is 19.3 Å². The third-order valence-electron chi connectivity index (χ3n) is 9.72. The zero-order valence-corrected chi connectivity index (χ0v) is 23.3. The van der Waals surface area contributed by atoms with Gasteiger partial charge in [0.25, 0.3) is 0 Å². The molecule has 3 heterocycles. The van der Waals surface area contributed by atoms with Gasteiger partial charge in [0.05, 0.1) is 49.8 Å². The third-order valence-corrected chi connectivity index (χ3v) is 9.72. The lowest BCUT2D eigenvalue weighted by Gasteiger charge is -2.48. The van der Waals surface area contributed by atoms with Crippen molar-refractivity contribution in [3.8, 4) is 0 Å². The summed E-state index contributed by atoms with van der Waals surface area (Å²) < 4.78 is 28.9. The molecule has 5 rings (SSSR count). The van der Waals surface area contributed by atoms with Gasteiger partial charge in [0, 0.05) is 18.8 Å². The van der Waals surface area contributed by atoms with Gasteiger partial charge in [0.15, 0.2) is 12.6 Å². The van der Waals surface area contributed by atoms with Gasteiger partial charge in [-0.25, -0.2) is 0 Å². The lowest BCUT2D eigenvalue weighted by atomic mass is 9.73. The molecule has 0 amide bonds. The quantitative estimate of drug-likeness (QED) is 0.131.